The van der Waals surface area contributed by atoms with Crippen LogP contribution in [0.15, 0.2) is 12.2 Å². The van der Waals surface area contributed by atoms with Crippen LogP contribution in [0.25, 0.3) is 0 Å². The SMILES string of the molecule is CCC1C=CCN(C(C)CC)C1. The molecule has 1 aliphatic heterocycles. The van der Waals surface area contributed by atoms with Crippen LogP contribution in [0, 0.1) is 5.92 Å². The molecule has 0 fully saturated rings. The highest BCUT2D eigenvalue weighted by Gasteiger charge is 2.17. The van der Waals surface area contributed by atoms with Gasteiger partial charge < -0.3 is 0 Å². The van der Waals surface area contributed by atoms with Gasteiger partial charge in [0.1, 0.15) is 0 Å². The normalized spacial score (nSPS) is 27.4. The van der Waals surface area contributed by atoms with E-state index in [0.717, 1.165) is 18.5 Å². The highest BCUT2D eigenvalue weighted by atomic mass is 15.1. The fraction of sp³-hybridized carbons (Fsp3) is 0.818. The Morgan fingerprint density at radius 3 is 2.83 bits per heavy atom. The summed E-state index contributed by atoms with van der Waals surface area (Å²) in [5.41, 5.74) is 0. The van der Waals surface area contributed by atoms with Crippen LogP contribution in [-0.2, 0) is 0 Å². The standard InChI is InChI=1S/C11H21N/c1-4-10(3)12-8-6-7-11(5-2)9-12/h6-7,10-11H,4-5,8-9H2,1-3H3. The molecule has 0 aromatic rings. The van der Waals surface area contributed by atoms with Crippen molar-refractivity contribution in [3.63, 3.8) is 0 Å². The third-order valence-electron chi connectivity index (χ3n) is 2.96. The van der Waals surface area contributed by atoms with Crippen molar-refractivity contribution in [1.82, 2.24) is 4.90 Å². The van der Waals surface area contributed by atoms with E-state index in [1.165, 1.54) is 19.4 Å². The predicted octanol–water partition coefficient (Wildman–Crippen LogP) is 2.68. The van der Waals surface area contributed by atoms with Gasteiger partial charge in [-0.2, -0.15) is 0 Å². The van der Waals surface area contributed by atoms with Gasteiger partial charge in [0.25, 0.3) is 0 Å². The van der Waals surface area contributed by atoms with Crippen LogP contribution in [0.5, 0.6) is 0 Å². The van der Waals surface area contributed by atoms with E-state index in [4.69, 9.17) is 0 Å². The third-order valence-corrected chi connectivity index (χ3v) is 2.96. The average Bonchev–Trinajstić information content (AvgIpc) is 2.17. The summed E-state index contributed by atoms with van der Waals surface area (Å²) in [5.74, 6) is 0.799. The zero-order valence-corrected chi connectivity index (χ0v) is 8.59. The largest absolute Gasteiger partial charge is 0.296 e. The minimum Gasteiger partial charge on any atom is -0.296 e. The van der Waals surface area contributed by atoms with Crippen LogP contribution in [0.1, 0.15) is 33.6 Å². The second-order valence-corrected chi connectivity index (χ2v) is 3.81. The molecule has 0 amide bonds. The van der Waals surface area contributed by atoms with Crippen molar-refractivity contribution in [1.29, 1.82) is 0 Å². The molecule has 1 aliphatic rings. The Balaban J connectivity index is 2.44. The first-order valence-corrected chi connectivity index (χ1v) is 5.18. The van der Waals surface area contributed by atoms with Crippen LogP contribution in [0.2, 0.25) is 0 Å². The summed E-state index contributed by atoms with van der Waals surface area (Å²) in [6.45, 7) is 9.29. The highest BCUT2D eigenvalue weighted by molar-refractivity contribution is 4.97. The molecule has 1 heterocycles. The zero-order valence-electron chi connectivity index (χ0n) is 8.59. The van der Waals surface area contributed by atoms with E-state index in [1.807, 2.05) is 0 Å². The first-order valence-electron chi connectivity index (χ1n) is 5.18. The molecule has 0 bridgehead atoms. The third kappa shape index (κ3) is 2.34. The lowest BCUT2D eigenvalue weighted by molar-refractivity contribution is 0.193. The minimum absolute atomic E-state index is 0.754. The van der Waals surface area contributed by atoms with E-state index in [1.54, 1.807) is 0 Å². The van der Waals surface area contributed by atoms with Crippen molar-refractivity contribution >= 4 is 0 Å². The molecule has 0 radical (unpaired) electrons. The molecule has 1 rings (SSSR count). The minimum atomic E-state index is 0.754. The molecule has 1 heteroatoms. The van der Waals surface area contributed by atoms with E-state index >= 15 is 0 Å². The van der Waals surface area contributed by atoms with E-state index in [-0.39, 0.29) is 0 Å². The average molecular weight is 167 g/mol. The van der Waals surface area contributed by atoms with E-state index < -0.39 is 0 Å². The molecule has 2 atom stereocenters. The molecule has 0 saturated heterocycles. The Hall–Kier alpha value is -0.300. The number of hydrogen-bond donors (Lipinski definition) is 0. The summed E-state index contributed by atoms with van der Waals surface area (Å²) in [4.78, 5) is 2.58. The Bertz CT molecular complexity index is 151. The molecular formula is C11H21N. The molecule has 0 aromatic heterocycles. The Kier molecular flexibility index (Phi) is 3.80. The van der Waals surface area contributed by atoms with Crippen LogP contribution in [0.4, 0.5) is 0 Å². The lowest BCUT2D eigenvalue weighted by atomic mass is 10.0. The van der Waals surface area contributed by atoms with Crippen LogP contribution >= 0.6 is 0 Å². The van der Waals surface area contributed by atoms with Gasteiger partial charge in [0.05, 0.1) is 0 Å². The van der Waals surface area contributed by atoms with Crippen LogP contribution in [-0.4, -0.2) is 24.0 Å². The second-order valence-electron chi connectivity index (χ2n) is 3.81. The van der Waals surface area contributed by atoms with Crippen molar-refractivity contribution < 1.29 is 0 Å². The maximum atomic E-state index is 2.58. The maximum Gasteiger partial charge on any atom is 0.0166 e. The number of rotatable bonds is 3. The fourth-order valence-electron chi connectivity index (χ4n) is 1.71. The van der Waals surface area contributed by atoms with E-state index in [9.17, 15) is 0 Å². The van der Waals surface area contributed by atoms with Gasteiger partial charge in [0.15, 0.2) is 0 Å². The van der Waals surface area contributed by atoms with Gasteiger partial charge in [0.2, 0.25) is 0 Å². The molecule has 0 N–H and O–H groups in total. The second kappa shape index (κ2) is 4.66. The molecule has 12 heavy (non-hydrogen) atoms. The van der Waals surface area contributed by atoms with E-state index in [0.29, 0.717) is 0 Å². The van der Waals surface area contributed by atoms with Crippen molar-refractivity contribution in [2.75, 3.05) is 13.1 Å². The van der Waals surface area contributed by atoms with Gasteiger partial charge in [0, 0.05) is 19.1 Å². The van der Waals surface area contributed by atoms with Crippen molar-refractivity contribution in [2.45, 2.75) is 39.7 Å². The first kappa shape index (κ1) is 9.79. The van der Waals surface area contributed by atoms with Gasteiger partial charge in [-0.1, -0.05) is 26.0 Å². The van der Waals surface area contributed by atoms with Gasteiger partial charge >= 0.3 is 0 Å². The Labute approximate surface area is 76.5 Å². The molecular weight excluding hydrogens is 146 g/mol. The van der Waals surface area contributed by atoms with Crippen LogP contribution in [0.3, 0.4) is 0 Å². The summed E-state index contributed by atoms with van der Waals surface area (Å²) >= 11 is 0. The molecule has 0 aromatic carbocycles. The Morgan fingerprint density at radius 1 is 1.50 bits per heavy atom. The summed E-state index contributed by atoms with van der Waals surface area (Å²) in [7, 11) is 0. The number of hydrogen-bond acceptors (Lipinski definition) is 1. The van der Waals surface area contributed by atoms with Gasteiger partial charge in [-0.3, -0.25) is 4.90 Å². The van der Waals surface area contributed by atoms with Gasteiger partial charge in [-0.15, -0.1) is 0 Å². The van der Waals surface area contributed by atoms with E-state index in [2.05, 4.69) is 37.8 Å². The van der Waals surface area contributed by atoms with Gasteiger partial charge in [-0.25, -0.2) is 0 Å². The van der Waals surface area contributed by atoms with Crippen molar-refractivity contribution in [3.8, 4) is 0 Å². The smallest absolute Gasteiger partial charge is 0.0166 e. The summed E-state index contributed by atoms with van der Waals surface area (Å²) in [6.07, 6.45) is 7.25. The monoisotopic (exact) mass is 167 g/mol. The van der Waals surface area contributed by atoms with Crippen LogP contribution < -0.4 is 0 Å². The first-order chi connectivity index (χ1) is 5.77. The fourth-order valence-corrected chi connectivity index (χ4v) is 1.71. The molecule has 2 unspecified atom stereocenters. The van der Waals surface area contributed by atoms with Gasteiger partial charge in [-0.05, 0) is 25.7 Å². The topological polar surface area (TPSA) is 3.24 Å². The zero-order chi connectivity index (χ0) is 8.97. The highest BCUT2D eigenvalue weighted by Crippen LogP contribution is 2.15. The molecule has 0 spiro atoms. The molecule has 0 saturated carbocycles. The maximum absolute atomic E-state index is 2.58. The van der Waals surface area contributed by atoms with Crippen molar-refractivity contribution in [2.24, 2.45) is 5.92 Å². The lowest BCUT2D eigenvalue weighted by Crippen LogP contribution is -2.38. The van der Waals surface area contributed by atoms with Crippen molar-refractivity contribution in [3.05, 3.63) is 12.2 Å². The Morgan fingerprint density at radius 2 is 2.25 bits per heavy atom. The lowest BCUT2D eigenvalue weighted by Gasteiger charge is -2.32. The summed E-state index contributed by atoms with van der Waals surface area (Å²) < 4.78 is 0. The molecule has 70 valence electrons. The molecule has 1 nitrogen and oxygen atoms in total. The quantitative estimate of drug-likeness (QED) is 0.584. The molecule has 0 aliphatic carbocycles. The summed E-state index contributed by atoms with van der Waals surface area (Å²) in [6, 6.07) is 0.754. The summed E-state index contributed by atoms with van der Waals surface area (Å²) in [5, 5.41) is 0. The number of nitrogens with zero attached hydrogens (tertiary/aromatic N) is 1. The predicted molar refractivity (Wildman–Crippen MR) is 54.2 cm³/mol.